The number of hydrogen-bond donors (Lipinski definition) is 4. The SMILES string of the molecule is CCNC(=O)C[NH+](CC)CC(=O)Nc1ccccc1C(=O)N[C@H](C)c1ccccc1. The maximum atomic E-state index is 12.8. The lowest BCUT2D eigenvalue weighted by molar-refractivity contribution is -0.881. The molecule has 3 amide bonds. The second-order valence-electron chi connectivity index (χ2n) is 7.11. The third kappa shape index (κ3) is 7.00. The zero-order valence-corrected chi connectivity index (χ0v) is 17.8. The first kappa shape index (κ1) is 23.1. The summed E-state index contributed by atoms with van der Waals surface area (Å²) in [5.74, 6) is -0.589. The molecule has 4 N–H and O–H groups in total. The van der Waals surface area contributed by atoms with Gasteiger partial charge in [-0.15, -0.1) is 0 Å². The Kier molecular flexibility index (Phi) is 9.03. The number of para-hydroxylation sites is 1. The van der Waals surface area contributed by atoms with Crippen LogP contribution >= 0.6 is 0 Å². The molecular weight excluding hydrogens is 380 g/mol. The molecule has 7 nitrogen and oxygen atoms in total. The molecule has 2 rings (SSSR count). The van der Waals surface area contributed by atoms with Crippen molar-refractivity contribution in [2.24, 2.45) is 0 Å². The summed E-state index contributed by atoms with van der Waals surface area (Å²) >= 11 is 0. The van der Waals surface area contributed by atoms with Crippen molar-refractivity contribution in [1.82, 2.24) is 10.6 Å². The van der Waals surface area contributed by atoms with E-state index in [-0.39, 0.29) is 36.9 Å². The van der Waals surface area contributed by atoms with Gasteiger partial charge in [0, 0.05) is 6.54 Å². The Bertz CT molecular complexity index is 855. The normalized spacial score (nSPS) is 12.5. The molecule has 7 heteroatoms. The molecule has 2 aromatic rings. The number of benzene rings is 2. The van der Waals surface area contributed by atoms with Crippen LogP contribution in [0.1, 0.15) is 42.7 Å². The Balaban J connectivity index is 2.02. The molecule has 0 saturated heterocycles. The quantitative estimate of drug-likeness (QED) is 0.473. The van der Waals surface area contributed by atoms with E-state index >= 15 is 0 Å². The van der Waals surface area contributed by atoms with Crippen LogP contribution in [-0.2, 0) is 9.59 Å². The first-order chi connectivity index (χ1) is 14.4. The largest absolute Gasteiger partial charge is 0.351 e. The number of rotatable bonds is 10. The third-order valence-corrected chi connectivity index (χ3v) is 4.79. The van der Waals surface area contributed by atoms with Gasteiger partial charge in [0.15, 0.2) is 13.1 Å². The number of hydrogen-bond acceptors (Lipinski definition) is 3. The van der Waals surface area contributed by atoms with Gasteiger partial charge >= 0.3 is 0 Å². The zero-order chi connectivity index (χ0) is 21.9. The van der Waals surface area contributed by atoms with Crippen molar-refractivity contribution in [3.05, 3.63) is 65.7 Å². The Morgan fingerprint density at radius 2 is 1.53 bits per heavy atom. The second-order valence-corrected chi connectivity index (χ2v) is 7.11. The number of nitrogens with one attached hydrogen (secondary N) is 4. The second kappa shape index (κ2) is 11.7. The van der Waals surface area contributed by atoms with Gasteiger partial charge in [0.25, 0.3) is 17.7 Å². The summed E-state index contributed by atoms with van der Waals surface area (Å²) in [6.45, 7) is 7.27. The Labute approximate surface area is 177 Å². The lowest BCUT2D eigenvalue weighted by Crippen LogP contribution is -3.14. The summed E-state index contributed by atoms with van der Waals surface area (Å²) in [5.41, 5.74) is 1.85. The van der Waals surface area contributed by atoms with Crippen molar-refractivity contribution in [3.8, 4) is 0 Å². The van der Waals surface area contributed by atoms with Crippen LogP contribution in [0.25, 0.3) is 0 Å². The number of anilines is 1. The smallest absolute Gasteiger partial charge is 0.279 e. The summed E-state index contributed by atoms with van der Waals surface area (Å²) in [7, 11) is 0. The molecule has 2 aromatic carbocycles. The zero-order valence-electron chi connectivity index (χ0n) is 17.8. The van der Waals surface area contributed by atoms with Gasteiger partial charge in [-0.2, -0.15) is 0 Å². The van der Waals surface area contributed by atoms with Crippen LogP contribution in [0.15, 0.2) is 54.6 Å². The van der Waals surface area contributed by atoms with Crippen molar-refractivity contribution in [1.29, 1.82) is 0 Å². The molecule has 0 aliphatic heterocycles. The highest BCUT2D eigenvalue weighted by molar-refractivity contribution is 6.04. The lowest BCUT2D eigenvalue weighted by atomic mass is 10.1. The maximum absolute atomic E-state index is 12.8. The fourth-order valence-electron chi connectivity index (χ4n) is 3.11. The molecule has 160 valence electrons. The fraction of sp³-hybridized carbons (Fsp3) is 0.348. The minimum Gasteiger partial charge on any atom is -0.351 e. The molecule has 0 heterocycles. The van der Waals surface area contributed by atoms with Gasteiger partial charge in [-0.25, -0.2) is 0 Å². The van der Waals surface area contributed by atoms with Gasteiger partial charge in [-0.3, -0.25) is 14.4 Å². The Morgan fingerprint density at radius 3 is 2.20 bits per heavy atom. The molecule has 0 bridgehead atoms. The summed E-state index contributed by atoms with van der Waals surface area (Å²) in [6.07, 6.45) is 0. The molecule has 2 atom stereocenters. The van der Waals surface area contributed by atoms with E-state index < -0.39 is 0 Å². The molecule has 0 saturated carbocycles. The van der Waals surface area contributed by atoms with Crippen LogP contribution in [0.3, 0.4) is 0 Å². The molecule has 0 aliphatic carbocycles. The summed E-state index contributed by atoms with van der Waals surface area (Å²) in [6, 6.07) is 16.4. The Morgan fingerprint density at radius 1 is 0.900 bits per heavy atom. The molecule has 0 aliphatic rings. The topological polar surface area (TPSA) is 91.7 Å². The molecule has 0 aromatic heterocycles. The van der Waals surface area contributed by atoms with E-state index in [2.05, 4.69) is 16.0 Å². The van der Waals surface area contributed by atoms with E-state index in [1.807, 2.05) is 51.1 Å². The highest BCUT2D eigenvalue weighted by Crippen LogP contribution is 2.17. The maximum Gasteiger partial charge on any atom is 0.279 e. The van der Waals surface area contributed by atoms with E-state index in [9.17, 15) is 14.4 Å². The molecular formula is C23H31N4O3+. The van der Waals surface area contributed by atoms with E-state index in [0.29, 0.717) is 24.3 Å². The molecule has 1 unspecified atom stereocenters. The van der Waals surface area contributed by atoms with Crippen LogP contribution in [0.5, 0.6) is 0 Å². The van der Waals surface area contributed by atoms with Crippen molar-refractivity contribution in [2.45, 2.75) is 26.8 Å². The predicted octanol–water partition coefficient (Wildman–Crippen LogP) is 1.16. The highest BCUT2D eigenvalue weighted by Gasteiger charge is 2.19. The van der Waals surface area contributed by atoms with Crippen LogP contribution < -0.4 is 20.9 Å². The average Bonchev–Trinajstić information content (AvgIpc) is 2.74. The third-order valence-electron chi connectivity index (χ3n) is 4.79. The first-order valence-corrected chi connectivity index (χ1v) is 10.3. The van der Waals surface area contributed by atoms with Gasteiger partial charge in [-0.05, 0) is 38.5 Å². The summed E-state index contributed by atoms with van der Waals surface area (Å²) < 4.78 is 0. The van der Waals surface area contributed by atoms with E-state index in [1.54, 1.807) is 24.3 Å². The number of quaternary nitrogens is 1. The van der Waals surface area contributed by atoms with Gasteiger partial charge in [0.1, 0.15) is 0 Å². The Hall–Kier alpha value is -3.19. The number of carbonyl (C=O) groups is 3. The van der Waals surface area contributed by atoms with Gasteiger partial charge in [0.05, 0.1) is 23.8 Å². The minimum atomic E-state index is -0.260. The number of carbonyl (C=O) groups excluding carboxylic acids is 3. The van der Waals surface area contributed by atoms with Gasteiger partial charge in [0.2, 0.25) is 0 Å². The lowest BCUT2D eigenvalue weighted by Gasteiger charge is -2.18. The summed E-state index contributed by atoms with van der Waals surface area (Å²) in [4.78, 5) is 38.0. The average molecular weight is 412 g/mol. The van der Waals surface area contributed by atoms with Crippen molar-refractivity contribution < 1.29 is 19.3 Å². The van der Waals surface area contributed by atoms with E-state index in [1.165, 1.54) is 0 Å². The van der Waals surface area contributed by atoms with Crippen molar-refractivity contribution in [3.63, 3.8) is 0 Å². The standard InChI is InChI=1S/C23H30N4O3/c1-4-24-21(28)15-27(5-2)16-22(29)26-20-14-10-9-13-19(20)23(30)25-17(3)18-11-7-6-8-12-18/h6-14,17H,4-5,15-16H2,1-3H3,(H,24,28)(H,25,30)(H,26,29)/p+1/t17-/m1/s1. The molecule has 0 fully saturated rings. The van der Waals surface area contributed by atoms with Crippen LogP contribution in [0.2, 0.25) is 0 Å². The minimum absolute atomic E-state index is 0.0863. The van der Waals surface area contributed by atoms with E-state index in [4.69, 9.17) is 0 Å². The predicted molar refractivity (Wildman–Crippen MR) is 117 cm³/mol. The molecule has 30 heavy (non-hydrogen) atoms. The van der Waals surface area contributed by atoms with Crippen molar-refractivity contribution >= 4 is 23.4 Å². The van der Waals surface area contributed by atoms with Gasteiger partial charge < -0.3 is 20.9 Å². The van der Waals surface area contributed by atoms with Crippen molar-refractivity contribution in [2.75, 3.05) is 31.5 Å². The number of likely N-dealkylation sites (N-methyl/N-ethyl adjacent to an activating group) is 2. The van der Waals surface area contributed by atoms with Gasteiger partial charge in [-0.1, -0.05) is 42.5 Å². The van der Waals surface area contributed by atoms with E-state index in [0.717, 1.165) is 10.5 Å². The fourth-order valence-corrected chi connectivity index (χ4v) is 3.11. The summed E-state index contributed by atoms with van der Waals surface area (Å²) in [5, 5.41) is 8.54. The monoisotopic (exact) mass is 411 g/mol. The highest BCUT2D eigenvalue weighted by atomic mass is 16.2. The van der Waals surface area contributed by atoms with Crippen LogP contribution in [0.4, 0.5) is 5.69 Å². The molecule has 0 radical (unpaired) electrons. The van der Waals surface area contributed by atoms with Crippen LogP contribution in [0, 0.1) is 0 Å². The first-order valence-electron chi connectivity index (χ1n) is 10.3. The molecule has 0 spiro atoms. The number of amides is 3. The van der Waals surface area contributed by atoms with Crippen LogP contribution in [-0.4, -0.2) is 43.9 Å².